The number of aliphatic carboxylic acids is 2. The second-order valence-corrected chi connectivity index (χ2v) is 1.50. The molecular weight excluding hydrogens is 204 g/mol. The Kier molecular flexibility index (Phi) is 34.4. The minimum Gasteiger partial charge on any atom is -0.550 e. The van der Waals surface area contributed by atoms with Crippen molar-refractivity contribution in [3.8, 4) is 0 Å². The molecule has 6 N–H and O–H groups in total. The second-order valence-electron chi connectivity index (χ2n) is 1.50. The van der Waals surface area contributed by atoms with E-state index in [9.17, 15) is 19.8 Å². The number of carbonyl (C=O) groups excluding carboxylic acids is 2. The van der Waals surface area contributed by atoms with Gasteiger partial charge in [0.25, 0.3) is 0 Å². The molecule has 0 spiro atoms. The molecule has 1 unspecified atom stereocenters. The Morgan fingerprint density at radius 2 is 1.46 bits per heavy atom. The Bertz CT molecular complexity index is 143. The van der Waals surface area contributed by atoms with E-state index in [-0.39, 0.29) is 70.1 Å². The number of carboxylic acid groups (broad SMARTS) is 2. The molecule has 0 aromatic rings. The first-order valence-electron chi connectivity index (χ1n) is 2.20. The van der Waals surface area contributed by atoms with Gasteiger partial charge in [-0.05, 0) is 0 Å². The quantitative estimate of drug-likeness (QED) is 0.458. The molecule has 0 aliphatic carbocycles. The van der Waals surface area contributed by atoms with Crippen LogP contribution in [0.25, 0.3) is 0 Å². The summed E-state index contributed by atoms with van der Waals surface area (Å²) in [7, 11) is 0. The summed E-state index contributed by atoms with van der Waals surface area (Å²) in [4.78, 5) is 19.3. The van der Waals surface area contributed by atoms with Crippen molar-refractivity contribution in [3.63, 3.8) is 0 Å². The van der Waals surface area contributed by atoms with E-state index in [1.165, 1.54) is 0 Å². The molecule has 0 aromatic heterocycles. The molecule has 0 radical (unpaired) electrons. The van der Waals surface area contributed by atoms with Crippen LogP contribution in [0, 0.1) is 0 Å². The fraction of sp³-hybridized carbons (Fsp3) is 0.500. The summed E-state index contributed by atoms with van der Waals surface area (Å²) in [6.45, 7) is 0. The summed E-state index contributed by atoms with van der Waals surface area (Å²) < 4.78 is 0. The van der Waals surface area contributed by atoms with Crippen LogP contribution in [0.5, 0.6) is 0 Å². The van der Waals surface area contributed by atoms with Crippen molar-refractivity contribution in [3.05, 3.63) is 0 Å². The fourth-order valence-corrected chi connectivity index (χ4v) is 0.263. The third kappa shape index (κ3) is 19.3. The Morgan fingerprint density at radius 1 is 1.15 bits per heavy atom. The Morgan fingerprint density at radius 3 is 1.54 bits per heavy atom. The molecule has 0 heterocycles. The number of rotatable bonds is 3. The molecule has 0 amide bonds. The van der Waals surface area contributed by atoms with Gasteiger partial charge in [-0.3, -0.25) is 0 Å². The van der Waals surface area contributed by atoms with Crippen LogP contribution in [-0.4, -0.2) is 28.9 Å². The molecule has 13 heavy (non-hydrogen) atoms. The van der Waals surface area contributed by atoms with Crippen LogP contribution < -0.4 is 75.1 Å². The number of nitrogens with two attached hydrogens (primary N) is 1. The standard InChI is InChI=1S/C4H7NO4.2Na.2H2O/c5-2(4(8)9)1-3(6)7;;;;/h2H,1,5H2,(H,6,7)(H,8,9);;;2*1H2/q;2*+1;;/p-2. The van der Waals surface area contributed by atoms with Crippen LogP contribution in [0.1, 0.15) is 6.42 Å². The normalized spacial score (nSPS) is 8.69. The van der Waals surface area contributed by atoms with Crippen LogP contribution >= 0.6 is 0 Å². The molecular formula is C4H9NNa2O6. The molecule has 0 fully saturated rings. The van der Waals surface area contributed by atoms with E-state index in [1.807, 2.05) is 0 Å². The van der Waals surface area contributed by atoms with E-state index in [2.05, 4.69) is 0 Å². The molecule has 0 saturated heterocycles. The van der Waals surface area contributed by atoms with Crippen molar-refractivity contribution in [1.82, 2.24) is 0 Å². The molecule has 0 saturated carbocycles. The van der Waals surface area contributed by atoms with Crippen molar-refractivity contribution in [2.45, 2.75) is 12.5 Å². The van der Waals surface area contributed by atoms with E-state index in [1.54, 1.807) is 0 Å². The Labute approximate surface area is 119 Å². The van der Waals surface area contributed by atoms with Gasteiger partial charge in [0.05, 0.1) is 5.97 Å². The summed E-state index contributed by atoms with van der Waals surface area (Å²) in [6.07, 6.45) is -0.706. The van der Waals surface area contributed by atoms with Crippen LogP contribution in [-0.2, 0) is 9.59 Å². The van der Waals surface area contributed by atoms with Gasteiger partial charge in [-0.25, -0.2) is 0 Å². The van der Waals surface area contributed by atoms with E-state index in [0.717, 1.165) is 0 Å². The third-order valence-corrected chi connectivity index (χ3v) is 0.689. The third-order valence-electron chi connectivity index (χ3n) is 0.689. The zero-order chi connectivity index (χ0) is 7.44. The average Bonchev–Trinajstić information content (AvgIpc) is 1.63. The fourth-order valence-electron chi connectivity index (χ4n) is 0.263. The van der Waals surface area contributed by atoms with Crippen LogP contribution in [0.2, 0.25) is 0 Å². The molecule has 0 rings (SSSR count). The summed E-state index contributed by atoms with van der Waals surface area (Å²) >= 11 is 0. The van der Waals surface area contributed by atoms with Gasteiger partial charge in [0.15, 0.2) is 0 Å². The Hall–Kier alpha value is 0.820. The van der Waals surface area contributed by atoms with Crippen molar-refractivity contribution >= 4 is 11.9 Å². The molecule has 7 nitrogen and oxygen atoms in total. The predicted octanol–water partition coefficient (Wildman–Crippen LogP) is -11.4. The van der Waals surface area contributed by atoms with Gasteiger partial charge in [0.1, 0.15) is 0 Å². The predicted molar refractivity (Wildman–Crippen MR) is 29.8 cm³/mol. The second kappa shape index (κ2) is 15.3. The summed E-state index contributed by atoms with van der Waals surface area (Å²) in [5.41, 5.74) is 4.73. The maximum atomic E-state index is 9.71. The number of carboxylic acids is 2. The van der Waals surface area contributed by atoms with Crippen LogP contribution in [0.3, 0.4) is 0 Å². The van der Waals surface area contributed by atoms with Crippen molar-refractivity contribution in [2.24, 2.45) is 5.73 Å². The van der Waals surface area contributed by atoms with E-state index in [4.69, 9.17) is 5.73 Å². The molecule has 0 aliphatic rings. The zero-order valence-corrected chi connectivity index (χ0v) is 11.5. The van der Waals surface area contributed by atoms with Gasteiger partial charge in [-0.2, -0.15) is 0 Å². The molecule has 0 bridgehead atoms. The van der Waals surface area contributed by atoms with Crippen molar-refractivity contribution in [2.75, 3.05) is 0 Å². The minimum atomic E-state index is -1.58. The SMILES string of the molecule is NC(CC(=O)[O-])C(=O)[O-].O.O.[Na+].[Na+]. The van der Waals surface area contributed by atoms with Crippen LogP contribution in [0.4, 0.5) is 0 Å². The molecule has 9 heteroatoms. The number of hydrogen-bond donors (Lipinski definition) is 1. The van der Waals surface area contributed by atoms with E-state index in [0.29, 0.717) is 0 Å². The maximum absolute atomic E-state index is 9.71. The van der Waals surface area contributed by atoms with Crippen molar-refractivity contribution in [1.29, 1.82) is 0 Å². The van der Waals surface area contributed by atoms with Gasteiger partial charge in [0, 0.05) is 18.4 Å². The van der Waals surface area contributed by atoms with Crippen LogP contribution in [0.15, 0.2) is 0 Å². The minimum absolute atomic E-state index is 0. The Balaban J connectivity index is -0.0000000533. The van der Waals surface area contributed by atoms with Gasteiger partial charge < -0.3 is 36.5 Å². The summed E-state index contributed by atoms with van der Waals surface area (Å²) in [5.74, 6) is -3.08. The van der Waals surface area contributed by atoms with Gasteiger partial charge >= 0.3 is 59.1 Å². The topological polar surface area (TPSA) is 169 Å². The smallest absolute Gasteiger partial charge is 0.550 e. The van der Waals surface area contributed by atoms with Gasteiger partial charge in [0.2, 0.25) is 0 Å². The summed E-state index contributed by atoms with van der Waals surface area (Å²) in [6, 6.07) is -1.46. The van der Waals surface area contributed by atoms with E-state index >= 15 is 0 Å². The first-order valence-corrected chi connectivity index (χ1v) is 2.20. The summed E-state index contributed by atoms with van der Waals surface area (Å²) in [5, 5.41) is 19.3. The monoisotopic (exact) mass is 213 g/mol. The molecule has 0 aromatic carbocycles. The first-order chi connectivity index (χ1) is 4.04. The number of hydrogen-bond acceptors (Lipinski definition) is 5. The maximum Gasteiger partial charge on any atom is 1.00 e. The van der Waals surface area contributed by atoms with Gasteiger partial charge in [-0.15, -0.1) is 0 Å². The molecule has 1 atom stereocenters. The average molecular weight is 213 g/mol. The largest absolute Gasteiger partial charge is 1.00 e. The number of carbonyl (C=O) groups is 2. The van der Waals surface area contributed by atoms with Crippen molar-refractivity contribution < 1.29 is 89.9 Å². The first kappa shape index (κ1) is 29.2. The van der Waals surface area contributed by atoms with Gasteiger partial charge in [-0.1, -0.05) is 0 Å². The molecule has 0 aliphatic heterocycles. The van der Waals surface area contributed by atoms with E-state index < -0.39 is 24.4 Å². The molecule has 68 valence electrons. The zero-order valence-electron chi connectivity index (χ0n) is 7.49.